The van der Waals surface area contributed by atoms with E-state index in [1.807, 2.05) is 6.92 Å². The molecule has 0 aromatic carbocycles. The van der Waals surface area contributed by atoms with E-state index in [0.717, 1.165) is 30.9 Å². The van der Waals surface area contributed by atoms with Gasteiger partial charge in [0.2, 0.25) is 0 Å². The second-order valence-electron chi connectivity index (χ2n) is 4.13. The van der Waals surface area contributed by atoms with Crippen molar-refractivity contribution in [3.63, 3.8) is 0 Å². The van der Waals surface area contributed by atoms with E-state index in [1.165, 1.54) is 6.20 Å². The minimum absolute atomic E-state index is 0.0213. The predicted octanol–water partition coefficient (Wildman–Crippen LogP) is -0.368. The van der Waals surface area contributed by atoms with Crippen molar-refractivity contribution < 1.29 is 0 Å². The molecular weight excluding hydrogens is 246 g/mol. The normalized spacial score (nSPS) is 10.6. The first-order valence-corrected chi connectivity index (χ1v) is 6.01. The number of aliphatic imine (C=N–C) groups is 1. The highest BCUT2D eigenvalue weighted by Crippen LogP contribution is 2.05. The molecule has 102 valence electrons. The van der Waals surface area contributed by atoms with Gasteiger partial charge in [-0.3, -0.25) is 5.10 Å². The summed E-state index contributed by atoms with van der Waals surface area (Å²) in [4.78, 5) is 9.63. The molecule has 0 aliphatic carbocycles. The molecule has 0 radical (unpaired) electrons. The van der Waals surface area contributed by atoms with Gasteiger partial charge in [-0.15, -0.1) is 5.10 Å². The molecule has 0 aliphatic heterocycles. The number of guanidine groups is 1. The Bertz CT molecular complexity index is 549. The quantitative estimate of drug-likeness (QED) is 0.369. The van der Waals surface area contributed by atoms with Crippen molar-refractivity contribution in [2.45, 2.75) is 32.7 Å². The van der Waals surface area contributed by atoms with Gasteiger partial charge in [0, 0.05) is 6.42 Å². The maximum absolute atomic E-state index is 5.26. The van der Waals surface area contributed by atoms with Gasteiger partial charge in [-0.05, 0) is 19.8 Å². The van der Waals surface area contributed by atoms with E-state index in [-0.39, 0.29) is 5.96 Å². The van der Waals surface area contributed by atoms with Crippen LogP contribution in [0.25, 0.3) is 0 Å². The van der Waals surface area contributed by atoms with Crippen LogP contribution in [-0.4, -0.2) is 36.1 Å². The van der Waals surface area contributed by atoms with E-state index in [4.69, 9.17) is 11.5 Å². The molecule has 0 saturated heterocycles. The van der Waals surface area contributed by atoms with Crippen LogP contribution in [0.1, 0.15) is 24.5 Å². The number of nitrogens with one attached hydrogen (secondary N) is 1. The molecule has 2 rings (SSSR count). The maximum atomic E-state index is 5.26. The summed E-state index contributed by atoms with van der Waals surface area (Å²) in [5, 5.41) is 15.1. The van der Waals surface area contributed by atoms with Gasteiger partial charge in [0.05, 0.1) is 12.7 Å². The Hall–Kier alpha value is -2.45. The minimum atomic E-state index is -0.0213. The van der Waals surface area contributed by atoms with Gasteiger partial charge in [0.15, 0.2) is 17.6 Å². The van der Waals surface area contributed by atoms with Crippen LogP contribution in [-0.2, 0) is 13.0 Å². The smallest absolute Gasteiger partial charge is 0.197 e. The Morgan fingerprint density at radius 2 is 2.26 bits per heavy atom. The molecule has 0 unspecified atom stereocenters. The van der Waals surface area contributed by atoms with Crippen LogP contribution < -0.4 is 11.5 Å². The molecule has 5 N–H and O–H groups in total. The molecule has 0 atom stereocenters. The van der Waals surface area contributed by atoms with Crippen molar-refractivity contribution in [3.8, 4) is 0 Å². The Morgan fingerprint density at radius 1 is 1.42 bits per heavy atom. The molecule has 2 aromatic rings. The van der Waals surface area contributed by atoms with Crippen LogP contribution in [0.3, 0.4) is 0 Å². The van der Waals surface area contributed by atoms with Crippen LogP contribution in [0.15, 0.2) is 11.2 Å². The summed E-state index contributed by atoms with van der Waals surface area (Å²) in [7, 11) is 0. The zero-order chi connectivity index (χ0) is 13.7. The third kappa shape index (κ3) is 4.05. The van der Waals surface area contributed by atoms with Crippen molar-refractivity contribution in [1.82, 2.24) is 30.2 Å². The summed E-state index contributed by atoms with van der Waals surface area (Å²) in [5.74, 6) is 2.08. The van der Waals surface area contributed by atoms with Gasteiger partial charge in [-0.25, -0.2) is 4.98 Å². The van der Waals surface area contributed by atoms with Crippen LogP contribution in [0.5, 0.6) is 0 Å². The highest BCUT2D eigenvalue weighted by Gasteiger charge is 2.02. The number of nitrogens with two attached hydrogens (primary N) is 2. The number of H-pyrrole nitrogens is 1. The number of aryl methyl sites for hydroxylation is 3. The molecular formula is C10H17N9. The summed E-state index contributed by atoms with van der Waals surface area (Å²) >= 11 is 0. The van der Waals surface area contributed by atoms with E-state index in [0.29, 0.717) is 12.4 Å². The molecule has 19 heavy (non-hydrogen) atoms. The van der Waals surface area contributed by atoms with E-state index in [9.17, 15) is 0 Å². The van der Waals surface area contributed by atoms with Gasteiger partial charge in [0.25, 0.3) is 0 Å². The standard InChI is InChI=1S/C10H17N9/c1-7-14-8(17-16-7)4-2-3-5-19-13-6-9(18-19)15-10(11)12/h6H,2-5H2,1H3,(H,14,16,17)(H4,11,12,15,18). The van der Waals surface area contributed by atoms with Crippen molar-refractivity contribution in [1.29, 1.82) is 0 Å². The molecule has 0 spiro atoms. The lowest BCUT2D eigenvalue weighted by Crippen LogP contribution is -2.21. The monoisotopic (exact) mass is 263 g/mol. The minimum Gasteiger partial charge on any atom is -0.370 e. The zero-order valence-electron chi connectivity index (χ0n) is 10.7. The lowest BCUT2D eigenvalue weighted by Gasteiger charge is -1.98. The summed E-state index contributed by atoms with van der Waals surface area (Å²) in [5.41, 5.74) is 10.5. The molecule has 0 saturated carbocycles. The lowest BCUT2D eigenvalue weighted by molar-refractivity contribution is 0.497. The lowest BCUT2D eigenvalue weighted by atomic mass is 10.2. The van der Waals surface area contributed by atoms with Gasteiger partial charge in [-0.1, -0.05) is 0 Å². The van der Waals surface area contributed by atoms with E-state index >= 15 is 0 Å². The van der Waals surface area contributed by atoms with Crippen LogP contribution in [0.2, 0.25) is 0 Å². The molecule has 2 heterocycles. The Morgan fingerprint density at radius 3 is 2.95 bits per heavy atom. The zero-order valence-corrected chi connectivity index (χ0v) is 10.7. The average molecular weight is 263 g/mol. The topological polar surface area (TPSA) is 137 Å². The van der Waals surface area contributed by atoms with Crippen LogP contribution in [0, 0.1) is 6.92 Å². The highest BCUT2D eigenvalue weighted by atomic mass is 15.5. The van der Waals surface area contributed by atoms with Crippen molar-refractivity contribution >= 4 is 11.8 Å². The first kappa shape index (κ1) is 13.0. The van der Waals surface area contributed by atoms with Crippen molar-refractivity contribution in [3.05, 3.63) is 17.8 Å². The Kier molecular flexibility index (Phi) is 4.06. The largest absolute Gasteiger partial charge is 0.370 e. The van der Waals surface area contributed by atoms with E-state index in [2.05, 4.69) is 30.4 Å². The SMILES string of the molecule is Cc1nc(CCCCn2ncc(N=C(N)N)n2)n[nH]1. The fourth-order valence-electron chi connectivity index (χ4n) is 1.62. The first-order chi connectivity index (χ1) is 9.13. The van der Waals surface area contributed by atoms with Crippen molar-refractivity contribution in [2.75, 3.05) is 0 Å². The average Bonchev–Trinajstić information content (AvgIpc) is 2.94. The molecule has 2 aromatic heterocycles. The molecule has 0 aliphatic rings. The number of unbranched alkanes of at least 4 members (excludes halogenated alkanes) is 1. The summed E-state index contributed by atoms with van der Waals surface area (Å²) in [6.07, 6.45) is 4.27. The second-order valence-corrected chi connectivity index (χ2v) is 4.13. The third-order valence-electron chi connectivity index (χ3n) is 2.42. The molecule has 0 amide bonds. The second kappa shape index (κ2) is 5.94. The molecule has 0 bridgehead atoms. The van der Waals surface area contributed by atoms with E-state index in [1.54, 1.807) is 4.80 Å². The number of nitrogens with zero attached hydrogens (tertiary/aromatic N) is 6. The predicted molar refractivity (Wildman–Crippen MR) is 69.5 cm³/mol. The van der Waals surface area contributed by atoms with Gasteiger partial charge in [-0.2, -0.15) is 20.0 Å². The first-order valence-electron chi connectivity index (χ1n) is 6.01. The number of rotatable bonds is 6. The van der Waals surface area contributed by atoms with Crippen LogP contribution >= 0.6 is 0 Å². The maximum Gasteiger partial charge on any atom is 0.197 e. The number of aromatic nitrogens is 6. The van der Waals surface area contributed by atoms with Gasteiger partial charge in [0.1, 0.15) is 5.82 Å². The molecule has 9 heteroatoms. The number of hydrogen-bond acceptors (Lipinski definition) is 5. The fraction of sp³-hybridized carbons (Fsp3) is 0.500. The highest BCUT2D eigenvalue weighted by molar-refractivity contribution is 5.78. The third-order valence-corrected chi connectivity index (χ3v) is 2.42. The Balaban J connectivity index is 1.73. The molecule has 9 nitrogen and oxygen atoms in total. The van der Waals surface area contributed by atoms with Crippen molar-refractivity contribution in [2.24, 2.45) is 16.5 Å². The summed E-state index contributed by atoms with van der Waals surface area (Å²) in [6, 6.07) is 0. The van der Waals surface area contributed by atoms with Gasteiger partial charge < -0.3 is 11.5 Å². The summed E-state index contributed by atoms with van der Waals surface area (Å²) < 4.78 is 0. The Labute approximate surface area is 110 Å². The summed E-state index contributed by atoms with van der Waals surface area (Å²) in [6.45, 7) is 2.60. The fourth-order valence-corrected chi connectivity index (χ4v) is 1.62. The number of hydrogen-bond donors (Lipinski definition) is 3. The van der Waals surface area contributed by atoms with E-state index < -0.39 is 0 Å². The number of aromatic amines is 1. The van der Waals surface area contributed by atoms with Crippen LogP contribution in [0.4, 0.5) is 5.82 Å². The van der Waals surface area contributed by atoms with Gasteiger partial charge >= 0.3 is 0 Å². The molecule has 0 fully saturated rings.